The molecule has 7 nitrogen and oxygen atoms in total. The Morgan fingerprint density at radius 3 is 2.23 bits per heavy atom. The number of aromatic nitrogens is 2. The summed E-state index contributed by atoms with van der Waals surface area (Å²) in [5.74, 6) is 1.73. The highest BCUT2D eigenvalue weighted by Gasteiger charge is 2.26. The topological polar surface area (TPSA) is 76.6 Å². The third kappa shape index (κ3) is 3.99. The number of hydrogen-bond donors (Lipinski definition) is 1. The maximum atomic E-state index is 12.1. The first-order chi connectivity index (χ1) is 10.5. The van der Waals surface area contributed by atoms with Gasteiger partial charge in [0.2, 0.25) is 23.6 Å². The number of hydrogen-bond acceptors (Lipinski definition) is 6. The van der Waals surface area contributed by atoms with Gasteiger partial charge in [0.1, 0.15) is 0 Å². The van der Waals surface area contributed by atoms with E-state index in [4.69, 9.17) is 9.47 Å². The molecule has 2 rings (SSSR count). The van der Waals surface area contributed by atoms with Crippen LogP contribution in [0.25, 0.3) is 0 Å². The van der Waals surface area contributed by atoms with Crippen LogP contribution in [0.15, 0.2) is 6.07 Å². The first-order valence-electron chi connectivity index (χ1n) is 7.56. The van der Waals surface area contributed by atoms with E-state index in [0.29, 0.717) is 17.7 Å². The van der Waals surface area contributed by atoms with Crippen molar-refractivity contribution in [2.45, 2.75) is 32.7 Å². The van der Waals surface area contributed by atoms with Crippen molar-refractivity contribution in [2.75, 3.05) is 32.2 Å². The molecule has 0 bridgehead atoms. The summed E-state index contributed by atoms with van der Waals surface area (Å²) in [7, 11) is 3.13. The molecule has 22 heavy (non-hydrogen) atoms. The van der Waals surface area contributed by atoms with Crippen molar-refractivity contribution < 1.29 is 14.3 Å². The molecule has 1 amide bonds. The summed E-state index contributed by atoms with van der Waals surface area (Å²) < 4.78 is 10.3. The molecule has 0 spiro atoms. The molecule has 0 unspecified atom stereocenters. The monoisotopic (exact) mass is 308 g/mol. The smallest absolute Gasteiger partial charge is 0.231 e. The van der Waals surface area contributed by atoms with Crippen LogP contribution in [0.4, 0.5) is 5.95 Å². The Kier molecular flexibility index (Phi) is 5.41. The van der Waals surface area contributed by atoms with Gasteiger partial charge in [0.25, 0.3) is 0 Å². The van der Waals surface area contributed by atoms with Crippen LogP contribution in [0.3, 0.4) is 0 Å². The Hall–Kier alpha value is -2.05. The average Bonchev–Trinajstić information content (AvgIpc) is 2.53. The van der Waals surface area contributed by atoms with Crippen LogP contribution in [0.5, 0.6) is 11.8 Å². The van der Waals surface area contributed by atoms with Gasteiger partial charge in [-0.3, -0.25) is 4.79 Å². The quantitative estimate of drug-likeness (QED) is 0.882. The predicted molar refractivity (Wildman–Crippen MR) is 83.4 cm³/mol. The van der Waals surface area contributed by atoms with Gasteiger partial charge >= 0.3 is 0 Å². The van der Waals surface area contributed by atoms with E-state index in [1.807, 2.05) is 13.8 Å². The highest BCUT2D eigenvalue weighted by atomic mass is 16.5. The molecule has 0 atom stereocenters. The zero-order chi connectivity index (χ0) is 16.1. The van der Waals surface area contributed by atoms with Crippen LogP contribution in [-0.2, 0) is 4.79 Å². The highest BCUT2D eigenvalue weighted by Crippen LogP contribution is 2.25. The van der Waals surface area contributed by atoms with Crippen molar-refractivity contribution in [3.05, 3.63) is 6.07 Å². The minimum absolute atomic E-state index is 0.0613. The molecule has 1 aliphatic heterocycles. The Balaban J connectivity index is 2.01. The Labute approximate surface area is 131 Å². The van der Waals surface area contributed by atoms with Gasteiger partial charge in [0.15, 0.2) is 0 Å². The molecule has 1 aliphatic rings. The molecular weight excluding hydrogens is 284 g/mol. The minimum atomic E-state index is 0.0613. The fourth-order valence-corrected chi connectivity index (χ4v) is 2.49. The first kappa shape index (κ1) is 16.3. The standard InChI is InChI=1S/C15H24N4O3/c1-10(2)16-14(20)11-5-7-19(8-6-11)15-17-12(21-3)9-13(18-15)22-4/h9-11H,5-8H2,1-4H3,(H,16,20). The molecule has 122 valence electrons. The number of nitrogens with one attached hydrogen (secondary N) is 1. The van der Waals surface area contributed by atoms with Crippen LogP contribution >= 0.6 is 0 Å². The second-order valence-corrected chi connectivity index (χ2v) is 5.68. The van der Waals surface area contributed by atoms with Crippen molar-refractivity contribution in [1.82, 2.24) is 15.3 Å². The van der Waals surface area contributed by atoms with Crippen LogP contribution in [-0.4, -0.2) is 49.2 Å². The molecule has 1 fully saturated rings. The van der Waals surface area contributed by atoms with Crippen LogP contribution in [0.2, 0.25) is 0 Å². The van der Waals surface area contributed by atoms with Gasteiger partial charge in [-0.05, 0) is 26.7 Å². The molecule has 0 aliphatic carbocycles. The molecule has 2 heterocycles. The molecule has 1 aromatic heterocycles. The molecule has 0 saturated carbocycles. The van der Waals surface area contributed by atoms with E-state index < -0.39 is 0 Å². The largest absolute Gasteiger partial charge is 0.481 e. The summed E-state index contributed by atoms with van der Waals surface area (Å²) in [6, 6.07) is 1.82. The average molecular weight is 308 g/mol. The summed E-state index contributed by atoms with van der Waals surface area (Å²) in [4.78, 5) is 22.8. The van der Waals surface area contributed by atoms with Gasteiger partial charge in [-0.15, -0.1) is 0 Å². The predicted octanol–water partition coefficient (Wildman–Crippen LogP) is 1.23. The van der Waals surface area contributed by atoms with E-state index in [0.717, 1.165) is 25.9 Å². The Morgan fingerprint density at radius 2 is 1.77 bits per heavy atom. The van der Waals surface area contributed by atoms with Gasteiger partial charge in [-0.25, -0.2) is 0 Å². The van der Waals surface area contributed by atoms with Crippen LogP contribution < -0.4 is 19.7 Å². The zero-order valence-corrected chi connectivity index (χ0v) is 13.6. The highest BCUT2D eigenvalue weighted by molar-refractivity contribution is 5.79. The summed E-state index contributed by atoms with van der Waals surface area (Å²) in [5.41, 5.74) is 0. The van der Waals surface area contributed by atoms with Gasteiger partial charge in [0.05, 0.1) is 20.3 Å². The number of carbonyl (C=O) groups is 1. The fraction of sp³-hybridized carbons (Fsp3) is 0.667. The van der Waals surface area contributed by atoms with Crippen molar-refractivity contribution in [3.8, 4) is 11.8 Å². The number of rotatable bonds is 5. The van der Waals surface area contributed by atoms with Gasteiger partial charge in [-0.1, -0.05) is 0 Å². The number of nitrogens with zero attached hydrogens (tertiary/aromatic N) is 3. The Morgan fingerprint density at radius 1 is 1.23 bits per heavy atom. The summed E-state index contributed by atoms with van der Waals surface area (Å²) >= 11 is 0. The Bertz CT molecular complexity index is 491. The molecule has 1 N–H and O–H groups in total. The van der Waals surface area contributed by atoms with E-state index in [2.05, 4.69) is 20.2 Å². The summed E-state index contributed by atoms with van der Waals surface area (Å²) in [6.45, 7) is 5.44. The molecule has 0 radical (unpaired) electrons. The SMILES string of the molecule is COc1cc(OC)nc(N2CCC(C(=O)NC(C)C)CC2)n1. The lowest BCUT2D eigenvalue weighted by atomic mass is 9.96. The lowest BCUT2D eigenvalue weighted by Crippen LogP contribution is -2.42. The van der Waals surface area contributed by atoms with Crippen molar-refractivity contribution in [1.29, 1.82) is 0 Å². The molecule has 7 heteroatoms. The minimum Gasteiger partial charge on any atom is -0.481 e. The van der Waals surface area contributed by atoms with Crippen molar-refractivity contribution in [2.24, 2.45) is 5.92 Å². The number of anilines is 1. The first-order valence-corrected chi connectivity index (χ1v) is 7.56. The van der Waals surface area contributed by atoms with Crippen LogP contribution in [0, 0.1) is 5.92 Å². The molecule has 1 aromatic rings. The van der Waals surface area contributed by atoms with Crippen molar-refractivity contribution in [3.63, 3.8) is 0 Å². The van der Waals surface area contributed by atoms with E-state index in [9.17, 15) is 4.79 Å². The van der Waals surface area contributed by atoms with E-state index in [-0.39, 0.29) is 17.9 Å². The molecular formula is C15H24N4O3. The van der Waals surface area contributed by atoms with Crippen LogP contribution in [0.1, 0.15) is 26.7 Å². The van der Waals surface area contributed by atoms with Crippen molar-refractivity contribution >= 4 is 11.9 Å². The number of piperidine rings is 1. The zero-order valence-electron chi connectivity index (χ0n) is 13.6. The normalized spacial score (nSPS) is 15.8. The maximum Gasteiger partial charge on any atom is 0.231 e. The second-order valence-electron chi connectivity index (χ2n) is 5.68. The van der Waals surface area contributed by atoms with Gasteiger partial charge in [0, 0.05) is 25.0 Å². The summed E-state index contributed by atoms with van der Waals surface area (Å²) in [6.07, 6.45) is 1.59. The molecule has 0 aromatic carbocycles. The third-order valence-electron chi connectivity index (χ3n) is 3.67. The number of methoxy groups -OCH3 is 2. The van der Waals surface area contributed by atoms with Gasteiger partial charge in [-0.2, -0.15) is 9.97 Å². The van der Waals surface area contributed by atoms with E-state index in [1.54, 1.807) is 20.3 Å². The maximum absolute atomic E-state index is 12.1. The lowest BCUT2D eigenvalue weighted by Gasteiger charge is -2.31. The number of amides is 1. The third-order valence-corrected chi connectivity index (χ3v) is 3.67. The second kappa shape index (κ2) is 7.29. The van der Waals surface area contributed by atoms with Gasteiger partial charge < -0.3 is 19.7 Å². The summed E-state index contributed by atoms with van der Waals surface area (Å²) in [5, 5.41) is 2.97. The lowest BCUT2D eigenvalue weighted by molar-refractivity contribution is -0.126. The number of carbonyl (C=O) groups excluding carboxylic acids is 1. The molecule has 1 saturated heterocycles. The fourth-order valence-electron chi connectivity index (χ4n) is 2.49. The number of ether oxygens (including phenoxy) is 2. The van der Waals surface area contributed by atoms with E-state index >= 15 is 0 Å². The van der Waals surface area contributed by atoms with E-state index in [1.165, 1.54) is 0 Å².